The molecule has 0 saturated carbocycles. The number of fused-ring (bicyclic) bond motifs is 1. The van der Waals surface area contributed by atoms with Crippen LogP contribution in [-0.4, -0.2) is 16.8 Å². The van der Waals surface area contributed by atoms with Crippen LogP contribution in [0.25, 0.3) is 10.2 Å². The minimum atomic E-state index is -0.305. The number of hydrogen-bond acceptors (Lipinski definition) is 4. The Bertz CT molecular complexity index is 939. The van der Waals surface area contributed by atoms with E-state index in [2.05, 4.69) is 23.2 Å². The van der Waals surface area contributed by atoms with Gasteiger partial charge >= 0.3 is 0 Å². The Balaban J connectivity index is 1.61. The topological polar surface area (TPSA) is 50.3 Å². The molecule has 0 N–H and O–H groups in total. The number of hydrogen-bond donors (Lipinski definition) is 0. The number of para-hydroxylation sites is 1. The van der Waals surface area contributed by atoms with E-state index in [4.69, 9.17) is 0 Å². The molecule has 1 unspecified atom stereocenters. The van der Waals surface area contributed by atoms with Gasteiger partial charge in [-0.25, -0.2) is 9.88 Å². The zero-order chi connectivity index (χ0) is 17.6. The van der Waals surface area contributed by atoms with Gasteiger partial charge in [0.25, 0.3) is 0 Å². The van der Waals surface area contributed by atoms with Crippen LogP contribution in [0.4, 0.5) is 5.13 Å². The summed E-state index contributed by atoms with van der Waals surface area (Å²) in [5.41, 5.74) is 4.28. The van der Waals surface area contributed by atoms with Gasteiger partial charge in [0.1, 0.15) is 0 Å². The van der Waals surface area contributed by atoms with E-state index in [-0.39, 0.29) is 24.2 Å². The minimum Gasteiger partial charge on any atom is -0.274 e. The Labute approximate surface area is 150 Å². The first-order chi connectivity index (χ1) is 12.0. The van der Waals surface area contributed by atoms with E-state index < -0.39 is 0 Å². The molecule has 1 aliphatic rings. The summed E-state index contributed by atoms with van der Waals surface area (Å²) < 4.78 is 0.982. The van der Waals surface area contributed by atoms with Crippen LogP contribution in [0.15, 0.2) is 42.5 Å². The van der Waals surface area contributed by atoms with Crippen LogP contribution in [0.2, 0.25) is 0 Å². The van der Waals surface area contributed by atoms with E-state index in [0.29, 0.717) is 11.6 Å². The molecular formula is C20H18N2O2S. The summed E-state index contributed by atoms with van der Waals surface area (Å²) >= 11 is 1.39. The molecule has 1 fully saturated rings. The Morgan fingerprint density at radius 2 is 1.84 bits per heavy atom. The summed E-state index contributed by atoms with van der Waals surface area (Å²) in [4.78, 5) is 31.1. The SMILES string of the molecule is Cc1cc(C)cc(CC2CC(=O)N(c3nc4ccccc4s3)C2=O)c1. The number of carbonyl (C=O) groups is 2. The summed E-state index contributed by atoms with van der Waals surface area (Å²) in [6.07, 6.45) is 0.843. The van der Waals surface area contributed by atoms with Gasteiger partial charge in [-0.1, -0.05) is 52.8 Å². The molecule has 126 valence electrons. The van der Waals surface area contributed by atoms with E-state index >= 15 is 0 Å². The van der Waals surface area contributed by atoms with Crippen molar-refractivity contribution < 1.29 is 9.59 Å². The van der Waals surface area contributed by atoms with Gasteiger partial charge in [-0.15, -0.1) is 0 Å². The van der Waals surface area contributed by atoms with Crippen LogP contribution in [0.3, 0.4) is 0 Å². The zero-order valence-electron chi connectivity index (χ0n) is 14.2. The minimum absolute atomic E-state index is 0.136. The van der Waals surface area contributed by atoms with E-state index in [1.54, 1.807) is 0 Å². The maximum atomic E-state index is 12.8. The molecule has 4 rings (SSSR count). The van der Waals surface area contributed by atoms with Crippen molar-refractivity contribution in [2.75, 3.05) is 4.90 Å². The number of carbonyl (C=O) groups excluding carboxylic acids is 2. The van der Waals surface area contributed by atoms with Gasteiger partial charge in [0.2, 0.25) is 11.8 Å². The molecule has 2 amide bonds. The van der Waals surface area contributed by atoms with Crippen molar-refractivity contribution in [2.24, 2.45) is 5.92 Å². The second-order valence-corrected chi connectivity index (χ2v) is 7.64. The van der Waals surface area contributed by atoms with Crippen molar-refractivity contribution in [3.8, 4) is 0 Å². The monoisotopic (exact) mass is 350 g/mol. The van der Waals surface area contributed by atoms with E-state index in [9.17, 15) is 9.59 Å². The third-order valence-corrected chi connectivity index (χ3v) is 5.50. The molecule has 0 aliphatic carbocycles. The fourth-order valence-electron chi connectivity index (χ4n) is 3.48. The fourth-order valence-corrected chi connectivity index (χ4v) is 4.47. The van der Waals surface area contributed by atoms with Gasteiger partial charge in [0.05, 0.1) is 16.1 Å². The van der Waals surface area contributed by atoms with Gasteiger partial charge in [-0.3, -0.25) is 9.59 Å². The Morgan fingerprint density at radius 1 is 1.12 bits per heavy atom. The van der Waals surface area contributed by atoms with Crippen LogP contribution in [0.1, 0.15) is 23.1 Å². The molecule has 1 saturated heterocycles. The predicted molar refractivity (Wildman–Crippen MR) is 99.8 cm³/mol. The third-order valence-electron chi connectivity index (χ3n) is 4.48. The molecule has 5 heteroatoms. The molecule has 0 bridgehead atoms. The van der Waals surface area contributed by atoms with Gasteiger partial charge < -0.3 is 0 Å². The average Bonchev–Trinajstić information content (AvgIpc) is 3.07. The number of nitrogens with zero attached hydrogens (tertiary/aromatic N) is 2. The highest BCUT2D eigenvalue weighted by Gasteiger charge is 2.40. The number of rotatable bonds is 3. The highest BCUT2D eigenvalue weighted by molar-refractivity contribution is 7.22. The summed E-state index contributed by atoms with van der Waals surface area (Å²) in [6.45, 7) is 4.09. The molecule has 4 nitrogen and oxygen atoms in total. The second-order valence-electron chi connectivity index (χ2n) is 6.63. The predicted octanol–water partition coefficient (Wildman–Crippen LogP) is 4.04. The average molecular weight is 350 g/mol. The summed E-state index contributed by atoms with van der Waals surface area (Å²) in [6, 6.07) is 14.0. The van der Waals surface area contributed by atoms with E-state index in [1.165, 1.54) is 27.4 Å². The standard InChI is InChI=1S/C20H18N2O2S/c1-12-7-13(2)9-14(8-12)10-15-11-18(23)22(19(15)24)20-21-16-5-3-4-6-17(16)25-20/h3-9,15H,10-11H2,1-2H3. The maximum Gasteiger partial charge on any atom is 0.239 e. The van der Waals surface area contributed by atoms with Crippen LogP contribution in [0.5, 0.6) is 0 Å². The van der Waals surface area contributed by atoms with Gasteiger partial charge in [-0.05, 0) is 38.0 Å². The summed E-state index contributed by atoms with van der Waals surface area (Å²) in [5.74, 6) is -0.595. The molecule has 0 spiro atoms. The molecule has 1 aliphatic heterocycles. The lowest BCUT2D eigenvalue weighted by Gasteiger charge is -2.12. The normalized spacial score (nSPS) is 17.7. The smallest absolute Gasteiger partial charge is 0.239 e. The van der Waals surface area contributed by atoms with Crippen LogP contribution in [0, 0.1) is 19.8 Å². The first-order valence-electron chi connectivity index (χ1n) is 8.31. The highest BCUT2D eigenvalue weighted by Crippen LogP contribution is 2.34. The van der Waals surface area contributed by atoms with E-state index in [1.807, 2.05) is 38.1 Å². The Morgan fingerprint density at radius 3 is 2.56 bits per heavy atom. The van der Waals surface area contributed by atoms with Crippen molar-refractivity contribution >= 4 is 38.5 Å². The third kappa shape index (κ3) is 2.96. The van der Waals surface area contributed by atoms with Crippen LogP contribution in [-0.2, 0) is 16.0 Å². The van der Waals surface area contributed by atoms with Gasteiger partial charge in [0.15, 0.2) is 5.13 Å². The van der Waals surface area contributed by atoms with Crippen molar-refractivity contribution in [1.29, 1.82) is 0 Å². The number of thiazole rings is 1. The van der Waals surface area contributed by atoms with Crippen molar-refractivity contribution in [3.05, 3.63) is 59.2 Å². The quantitative estimate of drug-likeness (QED) is 0.670. The lowest BCUT2D eigenvalue weighted by atomic mass is 9.95. The molecule has 1 atom stereocenters. The van der Waals surface area contributed by atoms with Crippen LogP contribution < -0.4 is 4.90 Å². The van der Waals surface area contributed by atoms with Crippen molar-refractivity contribution in [2.45, 2.75) is 26.7 Å². The molecule has 25 heavy (non-hydrogen) atoms. The van der Waals surface area contributed by atoms with E-state index in [0.717, 1.165) is 15.8 Å². The van der Waals surface area contributed by atoms with Crippen LogP contribution >= 0.6 is 11.3 Å². The molecule has 0 radical (unpaired) electrons. The maximum absolute atomic E-state index is 12.8. The lowest BCUT2D eigenvalue weighted by Crippen LogP contribution is -2.30. The number of aromatic nitrogens is 1. The molecular weight excluding hydrogens is 332 g/mol. The first-order valence-corrected chi connectivity index (χ1v) is 9.12. The molecule has 3 aromatic rings. The number of anilines is 1. The highest BCUT2D eigenvalue weighted by atomic mass is 32.1. The lowest BCUT2D eigenvalue weighted by molar-refractivity contribution is -0.122. The molecule has 2 aromatic carbocycles. The van der Waals surface area contributed by atoms with Gasteiger partial charge in [-0.2, -0.15) is 0 Å². The first kappa shape index (κ1) is 16.0. The number of aryl methyl sites for hydroxylation is 2. The van der Waals surface area contributed by atoms with Crippen molar-refractivity contribution in [1.82, 2.24) is 4.98 Å². The summed E-state index contributed by atoms with van der Waals surface area (Å²) in [5, 5.41) is 0.485. The Kier molecular flexibility index (Phi) is 3.88. The van der Waals surface area contributed by atoms with Crippen molar-refractivity contribution in [3.63, 3.8) is 0 Å². The summed E-state index contributed by atoms with van der Waals surface area (Å²) in [7, 11) is 0. The second kappa shape index (κ2) is 6.08. The largest absolute Gasteiger partial charge is 0.274 e. The zero-order valence-corrected chi connectivity index (χ0v) is 15.0. The molecule has 2 heterocycles. The molecule has 1 aromatic heterocycles. The number of imide groups is 1. The van der Waals surface area contributed by atoms with Gasteiger partial charge in [0, 0.05) is 6.42 Å². The fraction of sp³-hybridized carbons (Fsp3) is 0.250. The number of benzene rings is 2. The Hall–Kier alpha value is -2.53. The number of amides is 2.